The minimum Gasteiger partial charge on any atom is -0.265 e. The third-order valence-corrected chi connectivity index (χ3v) is 4.77. The summed E-state index contributed by atoms with van der Waals surface area (Å²) >= 11 is 0. The summed E-state index contributed by atoms with van der Waals surface area (Å²) in [5, 5.41) is 2.05. The maximum Gasteiger partial charge on any atom is 0.113 e. The first-order valence-corrected chi connectivity index (χ1v) is 9.10. The zero-order valence-corrected chi connectivity index (χ0v) is 15.0. The standard InChI is InChI=1S/C24H23NO/c1-19-12-15-21(16-13-19)24-18-23(17-14-20-8-4-2-5-9-20)25(26-24)22-10-6-3-7-11-22/h2-17,23-24H,18H2,1H3/b17-14+. The third kappa shape index (κ3) is 3.71. The van der Waals surface area contributed by atoms with E-state index in [-0.39, 0.29) is 12.1 Å². The van der Waals surface area contributed by atoms with Crippen LogP contribution in [0, 0.1) is 6.92 Å². The maximum absolute atomic E-state index is 6.36. The zero-order chi connectivity index (χ0) is 17.8. The van der Waals surface area contributed by atoms with Gasteiger partial charge in [0, 0.05) is 6.42 Å². The van der Waals surface area contributed by atoms with E-state index in [9.17, 15) is 0 Å². The number of para-hydroxylation sites is 1. The fourth-order valence-electron chi connectivity index (χ4n) is 3.32. The van der Waals surface area contributed by atoms with Crippen molar-refractivity contribution in [1.29, 1.82) is 0 Å². The summed E-state index contributed by atoms with van der Waals surface area (Å²) < 4.78 is 0. The van der Waals surface area contributed by atoms with Crippen LogP contribution in [0.25, 0.3) is 6.08 Å². The van der Waals surface area contributed by atoms with Gasteiger partial charge in [0.25, 0.3) is 0 Å². The molecule has 1 aliphatic rings. The van der Waals surface area contributed by atoms with E-state index in [4.69, 9.17) is 4.84 Å². The molecule has 0 aliphatic carbocycles. The molecule has 1 saturated heterocycles. The van der Waals surface area contributed by atoms with Crippen LogP contribution in [0.2, 0.25) is 0 Å². The lowest BCUT2D eigenvalue weighted by atomic mass is 10.0. The molecule has 2 unspecified atom stereocenters. The lowest BCUT2D eigenvalue weighted by Gasteiger charge is -2.22. The van der Waals surface area contributed by atoms with Crippen LogP contribution in [0.4, 0.5) is 5.69 Å². The lowest BCUT2D eigenvalue weighted by Crippen LogP contribution is -2.25. The molecule has 4 rings (SSSR count). The van der Waals surface area contributed by atoms with E-state index < -0.39 is 0 Å². The van der Waals surface area contributed by atoms with Crippen molar-refractivity contribution in [3.05, 3.63) is 108 Å². The molecule has 0 N–H and O–H groups in total. The molecule has 26 heavy (non-hydrogen) atoms. The fraction of sp³-hybridized carbons (Fsp3) is 0.167. The summed E-state index contributed by atoms with van der Waals surface area (Å²) in [5.41, 5.74) is 4.79. The molecule has 1 fully saturated rings. The predicted molar refractivity (Wildman–Crippen MR) is 108 cm³/mol. The van der Waals surface area contributed by atoms with Gasteiger partial charge >= 0.3 is 0 Å². The molecular formula is C24H23NO. The number of hydroxylamine groups is 1. The molecule has 0 bridgehead atoms. The van der Waals surface area contributed by atoms with Crippen LogP contribution in [0.5, 0.6) is 0 Å². The van der Waals surface area contributed by atoms with Crippen LogP contribution in [-0.4, -0.2) is 6.04 Å². The Morgan fingerprint density at radius 1 is 0.846 bits per heavy atom. The summed E-state index contributed by atoms with van der Waals surface area (Å²) in [4.78, 5) is 6.36. The Hall–Kier alpha value is -2.84. The highest BCUT2D eigenvalue weighted by Gasteiger charge is 2.33. The average Bonchev–Trinajstić information content (AvgIpc) is 3.13. The first-order valence-electron chi connectivity index (χ1n) is 9.10. The van der Waals surface area contributed by atoms with Crippen LogP contribution in [-0.2, 0) is 4.84 Å². The Morgan fingerprint density at radius 3 is 2.19 bits per heavy atom. The number of benzene rings is 3. The molecule has 3 aromatic rings. The Bertz CT molecular complexity index is 856. The highest BCUT2D eigenvalue weighted by atomic mass is 16.7. The van der Waals surface area contributed by atoms with Crippen molar-refractivity contribution in [3.8, 4) is 0 Å². The molecule has 0 spiro atoms. The van der Waals surface area contributed by atoms with Crippen LogP contribution in [0.15, 0.2) is 91.0 Å². The van der Waals surface area contributed by atoms with E-state index in [0.29, 0.717) is 0 Å². The Morgan fingerprint density at radius 2 is 1.50 bits per heavy atom. The van der Waals surface area contributed by atoms with Crippen LogP contribution >= 0.6 is 0 Å². The third-order valence-electron chi connectivity index (χ3n) is 4.77. The molecule has 1 aliphatic heterocycles. The SMILES string of the molecule is Cc1ccc(C2CC(/C=C/c3ccccc3)N(c3ccccc3)O2)cc1. The highest BCUT2D eigenvalue weighted by molar-refractivity contribution is 5.53. The van der Waals surface area contributed by atoms with Crippen molar-refractivity contribution in [1.82, 2.24) is 0 Å². The number of rotatable bonds is 4. The fourth-order valence-corrected chi connectivity index (χ4v) is 3.32. The van der Waals surface area contributed by atoms with Crippen LogP contribution in [0.1, 0.15) is 29.2 Å². The van der Waals surface area contributed by atoms with Crippen molar-refractivity contribution in [2.24, 2.45) is 0 Å². The van der Waals surface area contributed by atoms with E-state index in [0.717, 1.165) is 12.1 Å². The molecule has 2 nitrogen and oxygen atoms in total. The molecule has 0 amide bonds. The average molecular weight is 341 g/mol. The number of nitrogens with zero attached hydrogens (tertiary/aromatic N) is 1. The van der Waals surface area contributed by atoms with Crippen molar-refractivity contribution < 1.29 is 4.84 Å². The first kappa shape index (κ1) is 16.6. The second-order valence-electron chi connectivity index (χ2n) is 6.74. The van der Waals surface area contributed by atoms with E-state index >= 15 is 0 Å². The summed E-state index contributed by atoms with van der Waals surface area (Å²) in [5.74, 6) is 0. The van der Waals surface area contributed by atoms with Crippen LogP contribution in [0.3, 0.4) is 0 Å². The molecule has 0 radical (unpaired) electrons. The van der Waals surface area contributed by atoms with Gasteiger partial charge in [-0.2, -0.15) is 0 Å². The smallest absolute Gasteiger partial charge is 0.113 e. The van der Waals surface area contributed by atoms with E-state index in [1.165, 1.54) is 16.7 Å². The Kier molecular flexibility index (Phi) is 4.85. The van der Waals surface area contributed by atoms with Crippen molar-refractivity contribution in [2.45, 2.75) is 25.5 Å². The van der Waals surface area contributed by atoms with Gasteiger partial charge in [0.2, 0.25) is 0 Å². The normalized spacial score (nSPS) is 20.0. The maximum atomic E-state index is 6.36. The number of hydrogen-bond donors (Lipinski definition) is 0. The van der Waals surface area contributed by atoms with Crippen LogP contribution < -0.4 is 5.06 Å². The monoisotopic (exact) mass is 341 g/mol. The molecule has 0 aromatic heterocycles. The molecule has 2 heteroatoms. The summed E-state index contributed by atoms with van der Waals surface area (Å²) in [6, 6.07) is 29.6. The van der Waals surface area contributed by atoms with Gasteiger partial charge in [-0.3, -0.25) is 4.84 Å². The Balaban J connectivity index is 1.60. The van der Waals surface area contributed by atoms with Gasteiger partial charge in [-0.05, 0) is 30.2 Å². The minimum atomic E-state index is 0.0706. The van der Waals surface area contributed by atoms with Crippen molar-refractivity contribution >= 4 is 11.8 Å². The Labute approximate surface area is 155 Å². The topological polar surface area (TPSA) is 12.5 Å². The highest BCUT2D eigenvalue weighted by Crippen LogP contribution is 2.37. The van der Waals surface area contributed by atoms with Gasteiger partial charge in [0.15, 0.2) is 0 Å². The first-order chi connectivity index (χ1) is 12.8. The lowest BCUT2D eigenvalue weighted by molar-refractivity contribution is 0.0855. The van der Waals surface area contributed by atoms with Gasteiger partial charge in [-0.15, -0.1) is 0 Å². The molecule has 0 saturated carbocycles. The molecule has 1 heterocycles. The molecule has 2 atom stereocenters. The number of aryl methyl sites for hydroxylation is 1. The zero-order valence-electron chi connectivity index (χ0n) is 15.0. The summed E-state index contributed by atoms with van der Waals surface area (Å²) in [6.07, 6.45) is 5.43. The van der Waals surface area contributed by atoms with Gasteiger partial charge in [-0.25, -0.2) is 5.06 Å². The molecule has 3 aromatic carbocycles. The van der Waals surface area contributed by atoms with Crippen molar-refractivity contribution in [2.75, 3.05) is 5.06 Å². The van der Waals surface area contributed by atoms with E-state index in [2.05, 4.69) is 91.9 Å². The van der Waals surface area contributed by atoms with Crippen molar-refractivity contribution in [3.63, 3.8) is 0 Å². The second-order valence-corrected chi connectivity index (χ2v) is 6.74. The molecule has 130 valence electrons. The number of hydrogen-bond acceptors (Lipinski definition) is 2. The second kappa shape index (κ2) is 7.59. The van der Waals surface area contributed by atoms with Gasteiger partial charge in [-0.1, -0.05) is 90.5 Å². The predicted octanol–water partition coefficient (Wildman–Crippen LogP) is 5.96. The molecular weight excluding hydrogens is 318 g/mol. The van der Waals surface area contributed by atoms with Gasteiger partial charge in [0.05, 0.1) is 11.7 Å². The quantitative estimate of drug-likeness (QED) is 0.580. The van der Waals surface area contributed by atoms with Gasteiger partial charge < -0.3 is 0 Å². The largest absolute Gasteiger partial charge is 0.265 e. The van der Waals surface area contributed by atoms with Gasteiger partial charge in [0.1, 0.15) is 6.10 Å². The number of anilines is 1. The van der Waals surface area contributed by atoms with E-state index in [1.807, 2.05) is 17.2 Å². The van der Waals surface area contributed by atoms with E-state index in [1.54, 1.807) is 0 Å². The summed E-state index contributed by atoms with van der Waals surface area (Å²) in [6.45, 7) is 2.11. The summed E-state index contributed by atoms with van der Waals surface area (Å²) in [7, 11) is 0. The minimum absolute atomic E-state index is 0.0706.